The second-order valence-electron chi connectivity index (χ2n) is 8.58. The van der Waals surface area contributed by atoms with Gasteiger partial charge in [0, 0.05) is 30.9 Å². The molecular formula is C26H21F4N3O3S. The number of benzene rings is 3. The molecule has 192 valence electrons. The molecule has 1 atom stereocenters. The van der Waals surface area contributed by atoms with Crippen molar-refractivity contribution in [1.82, 2.24) is 14.1 Å². The van der Waals surface area contributed by atoms with Crippen LogP contribution in [0.2, 0.25) is 0 Å². The number of aromatic nitrogens is 2. The molecule has 0 N–H and O–H groups in total. The Morgan fingerprint density at radius 3 is 2.30 bits per heavy atom. The number of para-hydroxylation sites is 1. The third kappa shape index (κ3) is 4.96. The van der Waals surface area contributed by atoms with E-state index in [1.807, 2.05) is 54.6 Å². The average Bonchev–Trinajstić information content (AvgIpc) is 3.41. The number of rotatable bonds is 6. The molecule has 37 heavy (non-hydrogen) atoms. The highest BCUT2D eigenvalue weighted by molar-refractivity contribution is 7.89. The van der Waals surface area contributed by atoms with Gasteiger partial charge in [-0.1, -0.05) is 18.2 Å². The number of ether oxygens (including phenoxy) is 1. The molecule has 3 aromatic carbocycles. The van der Waals surface area contributed by atoms with E-state index in [4.69, 9.17) is 4.74 Å². The van der Waals surface area contributed by atoms with Gasteiger partial charge < -0.3 is 4.74 Å². The van der Waals surface area contributed by atoms with Crippen molar-refractivity contribution in [1.29, 1.82) is 0 Å². The van der Waals surface area contributed by atoms with E-state index < -0.39 is 44.2 Å². The molecule has 0 aliphatic carbocycles. The van der Waals surface area contributed by atoms with E-state index in [-0.39, 0.29) is 19.2 Å². The molecule has 5 rings (SSSR count). The van der Waals surface area contributed by atoms with E-state index in [9.17, 15) is 26.0 Å². The van der Waals surface area contributed by atoms with Gasteiger partial charge in [0.05, 0.1) is 11.7 Å². The molecule has 1 aromatic heterocycles. The van der Waals surface area contributed by atoms with Crippen molar-refractivity contribution in [3.63, 3.8) is 0 Å². The zero-order valence-electron chi connectivity index (χ0n) is 19.3. The first-order valence-electron chi connectivity index (χ1n) is 11.5. The average molecular weight is 532 g/mol. The van der Waals surface area contributed by atoms with Crippen molar-refractivity contribution in [2.75, 3.05) is 13.1 Å². The lowest BCUT2D eigenvalue weighted by atomic mass is 10.1. The van der Waals surface area contributed by atoms with Gasteiger partial charge in [-0.15, -0.1) is 0 Å². The zero-order chi connectivity index (χ0) is 26.2. The summed E-state index contributed by atoms with van der Waals surface area (Å²) in [5.74, 6) is -6.57. The maximum Gasteiger partial charge on any atom is 0.246 e. The third-order valence-electron chi connectivity index (χ3n) is 6.16. The normalized spacial score (nSPS) is 16.6. The van der Waals surface area contributed by atoms with Gasteiger partial charge in [0.1, 0.15) is 16.4 Å². The summed E-state index contributed by atoms with van der Waals surface area (Å²) in [5, 5.41) is 4.58. The third-order valence-corrected chi connectivity index (χ3v) is 8.02. The summed E-state index contributed by atoms with van der Waals surface area (Å²) in [6, 6.07) is 18.2. The summed E-state index contributed by atoms with van der Waals surface area (Å²) in [6.45, 7) is -0.0662. The summed E-state index contributed by atoms with van der Waals surface area (Å²) in [5.41, 5.74) is 1.47. The number of hydrogen-bond donors (Lipinski definition) is 0. The fourth-order valence-corrected chi connectivity index (χ4v) is 5.83. The highest BCUT2D eigenvalue weighted by atomic mass is 32.2. The Bertz CT molecular complexity index is 1530. The molecular weight excluding hydrogens is 510 g/mol. The van der Waals surface area contributed by atoms with E-state index in [0.717, 1.165) is 9.87 Å². The van der Waals surface area contributed by atoms with Crippen molar-refractivity contribution in [2.45, 2.75) is 23.8 Å². The zero-order valence-corrected chi connectivity index (χ0v) is 20.1. The molecule has 0 amide bonds. The molecule has 0 saturated carbocycles. The molecule has 1 fully saturated rings. The summed E-state index contributed by atoms with van der Waals surface area (Å²) < 4.78 is 89.2. The van der Waals surface area contributed by atoms with Crippen molar-refractivity contribution in [2.24, 2.45) is 0 Å². The Morgan fingerprint density at radius 1 is 0.865 bits per heavy atom. The van der Waals surface area contributed by atoms with E-state index in [1.54, 1.807) is 16.9 Å². The molecule has 1 aliphatic rings. The van der Waals surface area contributed by atoms with E-state index in [0.29, 0.717) is 30.0 Å². The molecule has 0 radical (unpaired) electrons. The van der Waals surface area contributed by atoms with Crippen LogP contribution in [0.5, 0.6) is 11.5 Å². The second kappa shape index (κ2) is 9.98. The van der Waals surface area contributed by atoms with Crippen LogP contribution in [0.3, 0.4) is 0 Å². The number of nitrogens with zero attached hydrogens (tertiary/aromatic N) is 3. The summed E-state index contributed by atoms with van der Waals surface area (Å²) in [6.07, 6.45) is 2.71. The monoisotopic (exact) mass is 531 g/mol. The van der Waals surface area contributed by atoms with Gasteiger partial charge in [-0.3, -0.25) is 4.68 Å². The van der Waals surface area contributed by atoms with Gasteiger partial charge in [-0.25, -0.2) is 26.0 Å². The predicted octanol–water partition coefficient (Wildman–Crippen LogP) is 5.92. The van der Waals surface area contributed by atoms with Crippen LogP contribution in [0, 0.1) is 23.3 Å². The van der Waals surface area contributed by atoms with E-state index >= 15 is 0 Å². The van der Waals surface area contributed by atoms with Crippen molar-refractivity contribution in [3.05, 3.63) is 96.2 Å². The van der Waals surface area contributed by atoms with Crippen LogP contribution in [-0.4, -0.2) is 35.6 Å². The van der Waals surface area contributed by atoms with Crippen LogP contribution in [0.4, 0.5) is 17.6 Å². The molecule has 1 unspecified atom stereocenters. The molecule has 1 saturated heterocycles. The largest absolute Gasteiger partial charge is 0.457 e. The first-order chi connectivity index (χ1) is 17.7. The topological polar surface area (TPSA) is 64.4 Å². The van der Waals surface area contributed by atoms with Crippen molar-refractivity contribution < 1.29 is 30.7 Å². The first-order valence-corrected chi connectivity index (χ1v) is 12.9. The summed E-state index contributed by atoms with van der Waals surface area (Å²) in [7, 11) is -4.61. The highest BCUT2D eigenvalue weighted by Gasteiger charge is 2.35. The van der Waals surface area contributed by atoms with Crippen molar-refractivity contribution >= 4 is 10.0 Å². The molecule has 11 heteroatoms. The van der Waals surface area contributed by atoms with Crippen LogP contribution >= 0.6 is 0 Å². The van der Waals surface area contributed by atoms with Gasteiger partial charge in [0.15, 0.2) is 23.3 Å². The van der Waals surface area contributed by atoms with Gasteiger partial charge in [0.2, 0.25) is 10.0 Å². The smallest absolute Gasteiger partial charge is 0.246 e. The van der Waals surface area contributed by atoms with E-state index in [2.05, 4.69) is 5.10 Å². The highest BCUT2D eigenvalue weighted by Crippen LogP contribution is 2.31. The minimum Gasteiger partial charge on any atom is -0.457 e. The summed E-state index contributed by atoms with van der Waals surface area (Å²) >= 11 is 0. The minimum atomic E-state index is -4.61. The second-order valence-corrected chi connectivity index (χ2v) is 10.5. The lowest BCUT2D eigenvalue weighted by Crippen LogP contribution is -2.41. The SMILES string of the molecule is O=S(=O)(c1cc(F)c(F)c(F)c1F)N1CCCC(n2ccc(-c3ccc(Oc4ccccc4)cc3)n2)C1. The molecule has 1 aliphatic heterocycles. The van der Waals surface area contributed by atoms with Crippen LogP contribution in [-0.2, 0) is 10.0 Å². The minimum absolute atomic E-state index is 0.0237. The molecule has 6 nitrogen and oxygen atoms in total. The van der Waals surface area contributed by atoms with Gasteiger partial charge >= 0.3 is 0 Å². The Hall–Kier alpha value is -3.70. The standard InChI is InChI=1S/C26H21F4N3O3S/c27-21-15-23(25(29)26(30)24(21)28)37(34,35)32-13-4-5-18(16-32)33-14-12-22(31-33)17-8-10-20(11-9-17)36-19-6-2-1-3-7-19/h1-3,6-12,14-15,18H,4-5,13,16H2. The fraction of sp³-hybridized carbons (Fsp3) is 0.192. The number of halogens is 4. The van der Waals surface area contributed by atoms with Crippen LogP contribution in [0.15, 0.2) is 77.8 Å². The summed E-state index contributed by atoms with van der Waals surface area (Å²) in [4.78, 5) is -1.23. The Morgan fingerprint density at radius 2 is 1.57 bits per heavy atom. The van der Waals surface area contributed by atoms with Crippen LogP contribution < -0.4 is 4.74 Å². The molecule has 2 heterocycles. The lowest BCUT2D eigenvalue weighted by Gasteiger charge is -2.32. The molecule has 0 bridgehead atoms. The quantitative estimate of drug-likeness (QED) is 0.176. The van der Waals surface area contributed by atoms with Crippen LogP contribution in [0.25, 0.3) is 11.3 Å². The van der Waals surface area contributed by atoms with E-state index in [1.165, 1.54) is 0 Å². The number of piperidine rings is 1. The van der Waals surface area contributed by atoms with Gasteiger partial charge in [-0.2, -0.15) is 9.40 Å². The number of hydrogen-bond acceptors (Lipinski definition) is 4. The maximum absolute atomic E-state index is 14.2. The fourth-order valence-electron chi connectivity index (χ4n) is 4.25. The number of sulfonamides is 1. The Kier molecular flexibility index (Phi) is 6.74. The Balaban J connectivity index is 1.32. The maximum atomic E-state index is 14.2. The van der Waals surface area contributed by atoms with Gasteiger partial charge in [-0.05, 0) is 55.3 Å². The first kappa shape index (κ1) is 25.0. The Labute approximate surface area is 210 Å². The van der Waals surface area contributed by atoms with Gasteiger partial charge in [0.25, 0.3) is 0 Å². The molecule has 4 aromatic rings. The predicted molar refractivity (Wildman–Crippen MR) is 127 cm³/mol. The molecule has 0 spiro atoms. The lowest BCUT2D eigenvalue weighted by molar-refractivity contribution is 0.253. The van der Waals surface area contributed by atoms with Crippen molar-refractivity contribution in [3.8, 4) is 22.8 Å². The van der Waals surface area contributed by atoms with Crippen LogP contribution in [0.1, 0.15) is 18.9 Å².